The Bertz CT molecular complexity index is 397. The van der Waals surface area contributed by atoms with Crippen LogP contribution in [0.2, 0.25) is 0 Å². The minimum atomic E-state index is 0.265. The predicted molar refractivity (Wildman–Crippen MR) is 91.7 cm³/mol. The van der Waals surface area contributed by atoms with Crippen LogP contribution in [0, 0.1) is 0 Å². The number of likely N-dealkylation sites (tertiary alicyclic amines) is 1. The number of rotatable bonds is 8. The number of benzene rings is 1. The van der Waals surface area contributed by atoms with Gasteiger partial charge in [-0.1, -0.05) is 44.2 Å². The Hall–Kier alpha value is -0.860. The van der Waals surface area contributed by atoms with Crippen LogP contribution < -0.4 is 5.32 Å². The van der Waals surface area contributed by atoms with Gasteiger partial charge in [0.25, 0.3) is 0 Å². The second-order valence-electron chi connectivity index (χ2n) is 6.60. The van der Waals surface area contributed by atoms with Crippen LogP contribution in [0.1, 0.15) is 52.0 Å². The van der Waals surface area contributed by atoms with E-state index in [4.69, 9.17) is 0 Å². The van der Waals surface area contributed by atoms with Gasteiger partial charge in [-0.05, 0) is 64.2 Å². The minimum Gasteiger partial charge on any atom is -0.312 e. The van der Waals surface area contributed by atoms with Gasteiger partial charge in [-0.2, -0.15) is 0 Å². The van der Waals surface area contributed by atoms with Crippen molar-refractivity contribution in [1.82, 2.24) is 10.2 Å². The van der Waals surface area contributed by atoms with Crippen molar-refractivity contribution in [2.24, 2.45) is 0 Å². The molecule has 1 heterocycles. The first-order chi connectivity index (χ1) is 10.2. The van der Waals surface area contributed by atoms with Crippen LogP contribution in [0.5, 0.6) is 0 Å². The van der Waals surface area contributed by atoms with Crippen molar-refractivity contribution in [3.8, 4) is 0 Å². The Morgan fingerprint density at radius 3 is 2.38 bits per heavy atom. The smallest absolute Gasteiger partial charge is 0.0335 e. The van der Waals surface area contributed by atoms with Crippen molar-refractivity contribution in [3.63, 3.8) is 0 Å². The van der Waals surface area contributed by atoms with E-state index in [1.165, 1.54) is 44.3 Å². The van der Waals surface area contributed by atoms with Gasteiger partial charge >= 0.3 is 0 Å². The SMILES string of the molecule is CCCNC(Cc1ccccc1)C(C)(CC)N1CCCC1. The lowest BCUT2D eigenvalue weighted by atomic mass is 9.83. The maximum atomic E-state index is 3.84. The van der Waals surface area contributed by atoms with Crippen LogP contribution in [0.3, 0.4) is 0 Å². The largest absolute Gasteiger partial charge is 0.312 e. The van der Waals surface area contributed by atoms with Gasteiger partial charge in [0, 0.05) is 11.6 Å². The standard InChI is InChI=1S/C19H32N2/c1-4-13-20-18(16-17-11-7-6-8-12-17)19(3,5-2)21-14-9-10-15-21/h6-8,11-12,18,20H,4-5,9-10,13-16H2,1-3H3. The Morgan fingerprint density at radius 1 is 1.14 bits per heavy atom. The summed E-state index contributed by atoms with van der Waals surface area (Å²) >= 11 is 0. The average molecular weight is 288 g/mol. The van der Waals surface area contributed by atoms with E-state index in [-0.39, 0.29) is 5.54 Å². The lowest BCUT2D eigenvalue weighted by Crippen LogP contribution is -2.59. The molecule has 2 unspecified atom stereocenters. The molecular weight excluding hydrogens is 256 g/mol. The molecule has 1 aliphatic rings. The molecule has 0 amide bonds. The van der Waals surface area contributed by atoms with E-state index in [2.05, 4.69) is 61.3 Å². The van der Waals surface area contributed by atoms with E-state index >= 15 is 0 Å². The van der Waals surface area contributed by atoms with E-state index < -0.39 is 0 Å². The molecule has 0 aliphatic carbocycles. The molecule has 1 aromatic carbocycles. The zero-order valence-electron chi connectivity index (χ0n) is 14.1. The van der Waals surface area contributed by atoms with Crippen LogP contribution >= 0.6 is 0 Å². The molecule has 1 aliphatic heterocycles. The minimum absolute atomic E-state index is 0.265. The first kappa shape index (κ1) is 16.5. The molecule has 2 heteroatoms. The van der Waals surface area contributed by atoms with Crippen LogP contribution in [-0.4, -0.2) is 36.1 Å². The molecule has 2 nitrogen and oxygen atoms in total. The predicted octanol–water partition coefficient (Wildman–Crippen LogP) is 3.86. The molecule has 2 rings (SSSR count). The molecule has 21 heavy (non-hydrogen) atoms. The van der Waals surface area contributed by atoms with Crippen molar-refractivity contribution < 1.29 is 0 Å². The van der Waals surface area contributed by atoms with Crippen LogP contribution in [0.4, 0.5) is 0 Å². The second-order valence-corrected chi connectivity index (χ2v) is 6.60. The van der Waals surface area contributed by atoms with Crippen LogP contribution in [0.25, 0.3) is 0 Å². The monoisotopic (exact) mass is 288 g/mol. The summed E-state index contributed by atoms with van der Waals surface area (Å²) in [5, 5.41) is 3.84. The molecule has 1 aromatic rings. The number of hydrogen-bond donors (Lipinski definition) is 1. The Kier molecular flexibility index (Phi) is 6.25. The highest BCUT2D eigenvalue weighted by Crippen LogP contribution is 2.29. The van der Waals surface area contributed by atoms with Crippen LogP contribution in [0.15, 0.2) is 30.3 Å². The third-order valence-corrected chi connectivity index (χ3v) is 5.22. The quantitative estimate of drug-likeness (QED) is 0.781. The molecule has 0 bridgehead atoms. The van der Waals surface area contributed by atoms with E-state index in [0.29, 0.717) is 6.04 Å². The third-order valence-electron chi connectivity index (χ3n) is 5.22. The van der Waals surface area contributed by atoms with Gasteiger partial charge in [0.1, 0.15) is 0 Å². The Labute approximate surface area is 130 Å². The van der Waals surface area contributed by atoms with E-state index in [0.717, 1.165) is 13.0 Å². The summed E-state index contributed by atoms with van der Waals surface area (Å²) in [4.78, 5) is 2.73. The molecular formula is C19H32N2. The van der Waals surface area contributed by atoms with Gasteiger partial charge in [-0.3, -0.25) is 4.90 Å². The van der Waals surface area contributed by atoms with E-state index in [9.17, 15) is 0 Å². The molecule has 1 fully saturated rings. The lowest BCUT2D eigenvalue weighted by Gasteiger charge is -2.45. The van der Waals surface area contributed by atoms with Gasteiger partial charge in [0.05, 0.1) is 0 Å². The molecule has 0 saturated carbocycles. The number of hydrogen-bond acceptors (Lipinski definition) is 2. The summed E-state index contributed by atoms with van der Waals surface area (Å²) in [6.45, 7) is 10.7. The van der Waals surface area contributed by atoms with Gasteiger partial charge < -0.3 is 5.32 Å². The molecule has 1 saturated heterocycles. The fraction of sp³-hybridized carbons (Fsp3) is 0.684. The fourth-order valence-corrected chi connectivity index (χ4v) is 3.60. The van der Waals surface area contributed by atoms with Gasteiger partial charge in [0.15, 0.2) is 0 Å². The van der Waals surface area contributed by atoms with Crippen LogP contribution in [-0.2, 0) is 6.42 Å². The zero-order valence-corrected chi connectivity index (χ0v) is 14.1. The number of nitrogens with zero attached hydrogens (tertiary/aromatic N) is 1. The summed E-state index contributed by atoms with van der Waals surface area (Å²) < 4.78 is 0. The Morgan fingerprint density at radius 2 is 1.81 bits per heavy atom. The molecule has 0 spiro atoms. The van der Waals surface area contributed by atoms with E-state index in [1.807, 2.05) is 0 Å². The normalized spacial score (nSPS) is 20.3. The zero-order chi connectivity index (χ0) is 15.1. The van der Waals surface area contributed by atoms with Crippen molar-refractivity contribution in [1.29, 1.82) is 0 Å². The maximum Gasteiger partial charge on any atom is 0.0335 e. The van der Waals surface area contributed by atoms with Crippen molar-refractivity contribution in [2.75, 3.05) is 19.6 Å². The molecule has 1 N–H and O–H groups in total. The average Bonchev–Trinajstić information content (AvgIpc) is 3.06. The molecule has 0 radical (unpaired) electrons. The summed E-state index contributed by atoms with van der Waals surface area (Å²) in [6, 6.07) is 11.5. The van der Waals surface area contributed by atoms with Crippen molar-refractivity contribution in [2.45, 2.75) is 64.5 Å². The van der Waals surface area contributed by atoms with Crippen molar-refractivity contribution in [3.05, 3.63) is 35.9 Å². The lowest BCUT2D eigenvalue weighted by molar-refractivity contribution is 0.0840. The summed E-state index contributed by atoms with van der Waals surface area (Å²) in [5.41, 5.74) is 1.71. The molecule has 0 aromatic heterocycles. The molecule has 2 atom stereocenters. The van der Waals surface area contributed by atoms with Crippen molar-refractivity contribution >= 4 is 0 Å². The highest BCUT2D eigenvalue weighted by Gasteiger charge is 2.38. The highest BCUT2D eigenvalue weighted by atomic mass is 15.2. The summed E-state index contributed by atoms with van der Waals surface area (Å²) in [6.07, 6.45) is 6.26. The first-order valence-electron chi connectivity index (χ1n) is 8.73. The van der Waals surface area contributed by atoms with E-state index in [1.54, 1.807) is 0 Å². The topological polar surface area (TPSA) is 15.3 Å². The third kappa shape index (κ3) is 4.08. The fourth-order valence-electron chi connectivity index (χ4n) is 3.60. The summed E-state index contributed by atoms with van der Waals surface area (Å²) in [5.74, 6) is 0. The second kappa shape index (κ2) is 7.95. The summed E-state index contributed by atoms with van der Waals surface area (Å²) in [7, 11) is 0. The highest BCUT2D eigenvalue weighted by molar-refractivity contribution is 5.18. The van der Waals surface area contributed by atoms with Gasteiger partial charge in [-0.15, -0.1) is 0 Å². The first-order valence-corrected chi connectivity index (χ1v) is 8.73. The maximum absolute atomic E-state index is 3.84. The number of nitrogens with one attached hydrogen (secondary N) is 1. The molecule has 118 valence electrons. The van der Waals surface area contributed by atoms with Gasteiger partial charge in [-0.25, -0.2) is 0 Å². The van der Waals surface area contributed by atoms with Gasteiger partial charge in [0.2, 0.25) is 0 Å². The Balaban J connectivity index is 2.15.